The summed E-state index contributed by atoms with van der Waals surface area (Å²) in [4.78, 5) is 24.7. The van der Waals surface area contributed by atoms with Gasteiger partial charge in [-0.3, -0.25) is 4.79 Å². The minimum atomic E-state index is -3.76. The molecule has 0 aliphatic heterocycles. The number of nitrogens with one attached hydrogen (secondary N) is 1. The summed E-state index contributed by atoms with van der Waals surface area (Å²) in [6, 6.07) is 9.98. The van der Waals surface area contributed by atoms with E-state index in [1.54, 1.807) is 24.3 Å². The topological polar surface area (TPSA) is 98.8 Å². The molecule has 1 atom stereocenters. The van der Waals surface area contributed by atoms with Crippen molar-refractivity contribution in [3.63, 3.8) is 0 Å². The van der Waals surface area contributed by atoms with Gasteiger partial charge in [-0.2, -0.15) is 0 Å². The molecule has 0 spiro atoms. The molecule has 1 unspecified atom stereocenters. The Hall–Kier alpha value is -2.42. The molecular formula is C18H18ClNO6S. The Balaban J connectivity index is 2.20. The maximum absolute atomic E-state index is 12.4. The lowest BCUT2D eigenvalue weighted by Crippen LogP contribution is -2.25. The Kier molecular flexibility index (Phi) is 6.59. The maximum Gasteiger partial charge on any atom is 0.340 e. The standard InChI is InChI=1S/C18H18ClNO6S/c1-11(17(21)12-4-6-13(25-3)7-5-12)26-18(22)15-10-14(8-9-16(15)19)27(23,24)20-2/h4-11,20H,1-3H3. The monoisotopic (exact) mass is 411 g/mol. The van der Waals surface area contributed by atoms with E-state index >= 15 is 0 Å². The number of carbonyl (C=O) groups excluding carboxylic acids is 2. The van der Waals surface area contributed by atoms with Crippen LogP contribution in [-0.2, 0) is 14.8 Å². The van der Waals surface area contributed by atoms with Gasteiger partial charge in [-0.25, -0.2) is 17.9 Å². The molecule has 0 saturated heterocycles. The number of sulfonamides is 1. The number of Topliss-reactive ketones (excluding diaryl/α,β-unsaturated/α-hetero) is 1. The van der Waals surface area contributed by atoms with Crippen LogP contribution < -0.4 is 9.46 Å². The lowest BCUT2D eigenvalue weighted by molar-refractivity contribution is 0.0318. The van der Waals surface area contributed by atoms with Gasteiger partial charge >= 0.3 is 5.97 Å². The lowest BCUT2D eigenvalue weighted by atomic mass is 10.1. The van der Waals surface area contributed by atoms with Crippen molar-refractivity contribution in [1.82, 2.24) is 4.72 Å². The summed E-state index contributed by atoms with van der Waals surface area (Å²) in [5.41, 5.74) is 0.191. The predicted octanol–water partition coefficient (Wildman–Crippen LogP) is 2.68. The van der Waals surface area contributed by atoms with E-state index in [1.807, 2.05) is 0 Å². The number of benzene rings is 2. The zero-order chi connectivity index (χ0) is 20.2. The number of hydrogen-bond donors (Lipinski definition) is 1. The van der Waals surface area contributed by atoms with Gasteiger partial charge in [0.1, 0.15) is 5.75 Å². The van der Waals surface area contributed by atoms with Gasteiger partial charge in [-0.15, -0.1) is 0 Å². The second-order valence-corrected chi connectivity index (χ2v) is 7.78. The molecule has 144 valence electrons. The number of rotatable bonds is 7. The SMILES string of the molecule is CNS(=O)(=O)c1ccc(Cl)c(C(=O)OC(C)C(=O)c2ccc(OC)cc2)c1. The minimum Gasteiger partial charge on any atom is -0.497 e. The highest BCUT2D eigenvalue weighted by Gasteiger charge is 2.23. The first-order valence-electron chi connectivity index (χ1n) is 7.82. The van der Waals surface area contributed by atoms with Crippen LogP contribution in [-0.4, -0.2) is 40.4 Å². The second kappa shape index (κ2) is 8.51. The summed E-state index contributed by atoms with van der Waals surface area (Å²) in [5, 5.41) is 0.0131. The fraction of sp³-hybridized carbons (Fsp3) is 0.222. The predicted molar refractivity (Wildman–Crippen MR) is 99.9 cm³/mol. The van der Waals surface area contributed by atoms with Crippen LogP contribution in [0.5, 0.6) is 5.75 Å². The van der Waals surface area contributed by atoms with Gasteiger partial charge in [0, 0.05) is 5.56 Å². The molecule has 27 heavy (non-hydrogen) atoms. The number of halogens is 1. The molecule has 1 N–H and O–H groups in total. The molecule has 2 aromatic carbocycles. The molecule has 0 heterocycles. The van der Waals surface area contributed by atoms with Gasteiger partial charge in [0.25, 0.3) is 0 Å². The van der Waals surface area contributed by atoms with Crippen molar-refractivity contribution >= 4 is 33.4 Å². The van der Waals surface area contributed by atoms with Crippen LogP contribution in [0.15, 0.2) is 47.4 Å². The van der Waals surface area contributed by atoms with Crippen LogP contribution in [0, 0.1) is 0 Å². The van der Waals surface area contributed by atoms with Crippen LogP contribution in [0.3, 0.4) is 0 Å². The van der Waals surface area contributed by atoms with E-state index in [2.05, 4.69) is 4.72 Å². The third kappa shape index (κ3) is 4.85. The molecule has 0 radical (unpaired) electrons. The first kappa shape index (κ1) is 20.9. The minimum absolute atomic E-state index is 0.0131. The number of hydrogen-bond acceptors (Lipinski definition) is 6. The highest BCUT2D eigenvalue weighted by Crippen LogP contribution is 2.22. The quantitative estimate of drug-likeness (QED) is 0.555. The zero-order valence-corrected chi connectivity index (χ0v) is 16.4. The molecule has 7 nitrogen and oxygen atoms in total. The fourth-order valence-electron chi connectivity index (χ4n) is 2.21. The molecule has 2 aromatic rings. The zero-order valence-electron chi connectivity index (χ0n) is 14.9. The molecule has 0 saturated carbocycles. The molecular weight excluding hydrogens is 394 g/mol. The van der Waals surface area contributed by atoms with Crippen molar-refractivity contribution in [3.05, 3.63) is 58.6 Å². The van der Waals surface area contributed by atoms with Crippen LogP contribution in [0.1, 0.15) is 27.6 Å². The largest absolute Gasteiger partial charge is 0.497 e. The summed E-state index contributed by atoms with van der Waals surface area (Å²) < 4.78 is 36.1. The van der Waals surface area contributed by atoms with E-state index in [4.69, 9.17) is 21.1 Å². The number of ketones is 1. The third-order valence-electron chi connectivity index (χ3n) is 3.76. The summed E-state index contributed by atoms with van der Waals surface area (Å²) in [7, 11) is -1.01. The highest BCUT2D eigenvalue weighted by atomic mass is 35.5. The summed E-state index contributed by atoms with van der Waals surface area (Å²) >= 11 is 5.98. The number of carbonyl (C=O) groups is 2. The molecule has 9 heteroatoms. The molecule has 2 rings (SSSR count). The van der Waals surface area contributed by atoms with Crippen LogP contribution in [0.4, 0.5) is 0 Å². The van der Waals surface area contributed by atoms with E-state index in [9.17, 15) is 18.0 Å². The van der Waals surface area contributed by atoms with Crippen molar-refractivity contribution in [3.8, 4) is 5.75 Å². The van der Waals surface area contributed by atoms with Crippen LogP contribution in [0.25, 0.3) is 0 Å². The van der Waals surface area contributed by atoms with Gasteiger partial charge in [-0.1, -0.05) is 11.6 Å². The summed E-state index contributed by atoms with van der Waals surface area (Å²) in [5.74, 6) is -0.728. The Morgan fingerprint density at radius 3 is 2.30 bits per heavy atom. The van der Waals surface area contributed by atoms with Gasteiger partial charge in [-0.05, 0) is 56.4 Å². The first-order valence-corrected chi connectivity index (χ1v) is 9.68. The van der Waals surface area contributed by atoms with Crippen molar-refractivity contribution in [1.29, 1.82) is 0 Å². The molecule has 0 amide bonds. The average molecular weight is 412 g/mol. The Morgan fingerprint density at radius 1 is 1.11 bits per heavy atom. The Morgan fingerprint density at radius 2 is 1.74 bits per heavy atom. The van der Waals surface area contributed by atoms with Crippen LogP contribution >= 0.6 is 11.6 Å². The molecule has 0 aromatic heterocycles. The number of esters is 1. The Bertz CT molecular complexity index is 956. The number of methoxy groups -OCH3 is 1. The lowest BCUT2D eigenvalue weighted by Gasteiger charge is -2.14. The van der Waals surface area contributed by atoms with E-state index in [0.717, 1.165) is 6.07 Å². The summed E-state index contributed by atoms with van der Waals surface area (Å²) in [6.07, 6.45) is -1.09. The van der Waals surface area contributed by atoms with Gasteiger partial charge in [0.15, 0.2) is 6.10 Å². The maximum atomic E-state index is 12.4. The molecule has 0 bridgehead atoms. The molecule has 0 fully saturated rings. The van der Waals surface area contributed by atoms with Crippen molar-refractivity contribution in [2.45, 2.75) is 17.9 Å². The van der Waals surface area contributed by atoms with E-state index < -0.39 is 27.9 Å². The van der Waals surface area contributed by atoms with Crippen LogP contribution in [0.2, 0.25) is 5.02 Å². The number of ether oxygens (including phenoxy) is 2. The van der Waals surface area contributed by atoms with Crippen molar-refractivity contribution in [2.75, 3.05) is 14.2 Å². The van der Waals surface area contributed by atoms with E-state index in [1.165, 1.54) is 33.2 Å². The van der Waals surface area contributed by atoms with Crippen molar-refractivity contribution in [2.24, 2.45) is 0 Å². The normalized spacial score (nSPS) is 12.3. The van der Waals surface area contributed by atoms with E-state index in [-0.39, 0.29) is 15.5 Å². The molecule has 0 aliphatic carbocycles. The molecule has 0 aliphatic rings. The highest BCUT2D eigenvalue weighted by molar-refractivity contribution is 7.89. The smallest absolute Gasteiger partial charge is 0.340 e. The average Bonchev–Trinajstić information content (AvgIpc) is 2.67. The van der Waals surface area contributed by atoms with E-state index in [0.29, 0.717) is 11.3 Å². The third-order valence-corrected chi connectivity index (χ3v) is 5.51. The first-order chi connectivity index (χ1) is 12.7. The fourth-order valence-corrected chi connectivity index (χ4v) is 3.16. The Labute approximate surface area is 162 Å². The second-order valence-electron chi connectivity index (χ2n) is 5.49. The van der Waals surface area contributed by atoms with Gasteiger partial charge in [0.05, 0.1) is 22.6 Å². The van der Waals surface area contributed by atoms with Crippen molar-refractivity contribution < 1.29 is 27.5 Å². The van der Waals surface area contributed by atoms with Gasteiger partial charge in [0.2, 0.25) is 15.8 Å². The summed E-state index contributed by atoms with van der Waals surface area (Å²) in [6.45, 7) is 1.42. The van der Waals surface area contributed by atoms with Gasteiger partial charge < -0.3 is 9.47 Å².